The number of aromatic nitrogens is 4. The minimum Gasteiger partial charge on any atom is -0.393 e. The molecule has 2 atom stereocenters. The number of aliphatic hydroxyl groups excluding tert-OH is 1. The summed E-state index contributed by atoms with van der Waals surface area (Å²) < 4.78 is 27.4. The summed E-state index contributed by atoms with van der Waals surface area (Å²) in [5.41, 5.74) is -0.191. The Morgan fingerprint density at radius 2 is 2.18 bits per heavy atom. The van der Waals surface area contributed by atoms with Gasteiger partial charge in [-0.05, 0) is 0 Å². The molecular weight excluding hydrogens is 234 g/mol. The van der Waals surface area contributed by atoms with Gasteiger partial charge in [0.05, 0.1) is 25.8 Å². The minimum absolute atomic E-state index is 0.0686. The average molecular weight is 244 g/mol. The SMILES string of the molecule is O=c1[nH]cnc2c1ncn2C[C@H](F)[C@@H](F)CO. The average Bonchev–Trinajstić information content (AvgIpc) is 2.73. The Balaban J connectivity index is 2.31. The number of halogens is 2. The molecule has 0 saturated carbocycles. The molecule has 0 unspecified atom stereocenters. The molecule has 0 spiro atoms. The van der Waals surface area contributed by atoms with Crippen LogP contribution in [0.5, 0.6) is 0 Å². The molecule has 0 fully saturated rings. The van der Waals surface area contributed by atoms with Crippen molar-refractivity contribution < 1.29 is 13.9 Å². The molecule has 2 aromatic rings. The highest BCUT2D eigenvalue weighted by Crippen LogP contribution is 2.10. The zero-order valence-corrected chi connectivity index (χ0v) is 8.68. The summed E-state index contributed by atoms with van der Waals surface area (Å²) in [6, 6.07) is 0. The van der Waals surface area contributed by atoms with Crippen LogP contribution in [0.4, 0.5) is 8.78 Å². The molecule has 0 aliphatic rings. The zero-order valence-electron chi connectivity index (χ0n) is 8.68. The van der Waals surface area contributed by atoms with Gasteiger partial charge in [0.15, 0.2) is 23.5 Å². The molecule has 6 nitrogen and oxygen atoms in total. The van der Waals surface area contributed by atoms with Crippen molar-refractivity contribution in [2.24, 2.45) is 0 Å². The predicted octanol–water partition coefficient (Wildman–Crippen LogP) is -0.212. The van der Waals surface area contributed by atoms with Crippen molar-refractivity contribution >= 4 is 11.2 Å². The van der Waals surface area contributed by atoms with Gasteiger partial charge in [0.25, 0.3) is 5.56 Å². The molecule has 2 N–H and O–H groups in total. The van der Waals surface area contributed by atoms with Gasteiger partial charge < -0.3 is 14.7 Å². The smallest absolute Gasteiger partial charge is 0.278 e. The Hall–Kier alpha value is -1.83. The van der Waals surface area contributed by atoms with Gasteiger partial charge >= 0.3 is 0 Å². The fourth-order valence-electron chi connectivity index (χ4n) is 1.44. The van der Waals surface area contributed by atoms with E-state index >= 15 is 0 Å². The van der Waals surface area contributed by atoms with E-state index in [9.17, 15) is 13.6 Å². The largest absolute Gasteiger partial charge is 0.393 e. The molecule has 2 heterocycles. The van der Waals surface area contributed by atoms with Gasteiger partial charge in [-0.1, -0.05) is 0 Å². The lowest BCUT2D eigenvalue weighted by molar-refractivity contribution is 0.0884. The van der Waals surface area contributed by atoms with E-state index in [1.165, 1.54) is 10.9 Å². The van der Waals surface area contributed by atoms with Gasteiger partial charge in [-0.2, -0.15) is 0 Å². The van der Waals surface area contributed by atoms with Crippen LogP contribution in [-0.2, 0) is 6.54 Å². The number of alkyl halides is 2. The summed E-state index contributed by atoms with van der Waals surface area (Å²) in [7, 11) is 0. The van der Waals surface area contributed by atoms with Crippen molar-refractivity contribution in [3.63, 3.8) is 0 Å². The number of nitrogens with zero attached hydrogens (tertiary/aromatic N) is 3. The van der Waals surface area contributed by atoms with Crippen LogP contribution in [0.25, 0.3) is 11.2 Å². The van der Waals surface area contributed by atoms with E-state index in [-0.39, 0.29) is 17.7 Å². The molecular formula is C9H10F2N4O2. The number of fused-ring (bicyclic) bond motifs is 1. The lowest BCUT2D eigenvalue weighted by Crippen LogP contribution is -2.26. The van der Waals surface area contributed by atoms with E-state index in [0.29, 0.717) is 0 Å². The summed E-state index contributed by atoms with van der Waals surface area (Å²) in [5.74, 6) is 0. The molecule has 0 bridgehead atoms. The van der Waals surface area contributed by atoms with Crippen molar-refractivity contribution in [2.45, 2.75) is 18.9 Å². The van der Waals surface area contributed by atoms with Crippen LogP contribution < -0.4 is 5.56 Å². The van der Waals surface area contributed by atoms with E-state index in [2.05, 4.69) is 15.0 Å². The van der Waals surface area contributed by atoms with Gasteiger partial charge in [-0.15, -0.1) is 0 Å². The van der Waals surface area contributed by atoms with Crippen LogP contribution in [-0.4, -0.2) is 43.6 Å². The number of hydrogen-bond acceptors (Lipinski definition) is 4. The summed E-state index contributed by atoms with van der Waals surface area (Å²) in [6.45, 7) is -1.24. The zero-order chi connectivity index (χ0) is 12.4. The molecule has 17 heavy (non-hydrogen) atoms. The summed E-state index contributed by atoms with van der Waals surface area (Å²) in [5, 5.41) is 8.48. The Kier molecular flexibility index (Phi) is 3.14. The van der Waals surface area contributed by atoms with Crippen LogP contribution in [0.15, 0.2) is 17.4 Å². The second kappa shape index (κ2) is 4.58. The molecule has 0 amide bonds. The lowest BCUT2D eigenvalue weighted by Gasteiger charge is -2.11. The van der Waals surface area contributed by atoms with E-state index in [4.69, 9.17) is 5.11 Å². The van der Waals surface area contributed by atoms with Crippen LogP contribution in [0, 0.1) is 0 Å². The number of rotatable bonds is 4. The highest BCUT2D eigenvalue weighted by atomic mass is 19.2. The highest BCUT2D eigenvalue weighted by molar-refractivity contribution is 5.68. The number of imidazole rings is 1. The molecule has 0 aromatic carbocycles. The Morgan fingerprint density at radius 3 is 2.88 bits per heavy atom. The third-order valence-corrected chi connectivity index (χ3v) is 2.35. The molecule has 0 saturated heterocycles. The van der Waals surface area contributed by atoms with Gasteiger partial charge in [0.1, 0.15) is 0 Å². The molecule has 0 radical (unpaired) electrons. The third-order valence-electron chi connectivity index (χ3n) is 2.35. The number of H-pyrrole nitrogens is 1. The van der Waals surface area contributed by atoms with Crippen molar-refractivity contribution in [1.29, 1.82) is 0 Å². The fourth-order valence-corrected chi connectivity index (χ4v) is 1.44. The number of hydrogen-bond donors (Lipinski definition) is 2. The monoisotopic (exact) mass is 244 g/mol. The molecule has 0 aliphatic heterocycles. The quantitative estimate of drug-likeness (QED) is 0.779. The second-order valence-electron chi connectivity index (χ2n) is 3.52. The van der Waals surface area contributed by atoms with Crippen LogP contribution in [0.1, 0.15) is 0 Å². The summed E-state index contributed by atoms with van der Waals surface area (Å²) in [4.78, 5) is 21.2. The standard InChI is InChI=1S/C9H10F2N4O2/c10-5(6(11)2-16)1-15-4-14-7-8(15)12-3-13-9(7)17/h3-6,16H,1-2H2,(H,12,13,17)/t5-,6-/m0/s1. The summed E-state index contributed by atoms with van der Waals surface area (Å²) >= 11 is 0. The van der Waals surface area contributed by atoms with E-state index in [1.807, 2.05) is 0 Å². The van der Waals surface area contributed by atoms with Crippen molar-refractivity contribution in [3.8, 4) is 0 Å². The van der Waals surface area contributed by atoms with E-state index < -0.39 is 24.5 Å². The first-order chi connectivity index (χ1) is 8.13. The van der Waals surface area contributed by atoms with Gasteiger partial charge in [-0.3, -0.25) is 4.79 Å². The molecule has 2 aromatic heterocycles. The first-order valence-electron chi connectivity index (χ1n) is 4.91. The maximum absolute atomic E-state index is 13.3. The first kappa shape index (κ1) is 11.6. The Bertz CT molecular complexity index is 567. The minimum atomic E-state index is -1.96. The van der Waals surface area contributed by atoms with E-state index in [0.717, 1.165) is 6.33 Å². The maximum atomic E-state index is 13.3. The fraction of sp³-hybridized carbons (Fsp3) is 0.444. The predicted molar refractivity (Wildman–Crippen MR) is 55.0 cm³/mol. The highest BCUT2D eigenvalue weighted by Gasteiger charge is 2.21. The van der Waals surface area contributed by atoms with Crippen molar-refractivity contribution in [2.75, 3.05) is 6.61 Å². The maximum Gasteiger partial charge on any atom is 0.278 e. The van der Waals surface area contributed by atoms with Gasteiger partial charge in [0.2, 0.25) is 0 Å². The lowest BCUT2D eigenvalue weighted by atomic mass is 10.2. The van der Waals surface area contributed by atoms with E-state index in [1.54, 1.807) is 0 Å². The number of nitrogens with one attached hydrogen (secondary N) is 1. The topological polar surface area (TPSA) is 83.8 Å². The van der Waals surface area contributed by atoms with Crippen LogP contribution in [0.3, 0.4) is 0 Å². The van der Waals surface area contributed by atoms with Crippen LogP contribution in [0.2, 0.25) is 0 Å². The van der Waals surface area contributed by atoms with Crippen LogP contribution >= 0.6 is 0 Å². The molecule has 92 valence electrons. The summed E-state index contributed by atoms with van der Waals surface area (Å²) in [6.07, 6.45) is -1.47. The Morgan fingerprint density at radius 1 is 1.41 bits per heavy atom. The molecule has 8 heteroatoms. The van der Waals surface area contributed by atoms with Gasteiger partial charge in [-0.25, -0.2) is 18.7 Å². The molecule has 0 aliphatic carbocycles. The first-order valence-corrected chi connectivity index (χ1v) is 4.91. The number of aromatic amines is 1. The second-order valence-corrected chi connectivity index (χ2v) is 3.52. The number of aliphatic hydroxyl groups is 1. The van der Waals surface area contributed by atoms with Crippen molar-refractivity contribution in [3.05, 3.63) is 23.0 Å². The molecule has 2 rings (SSSR count). The third kappa shape index (κ3) is 2.16. The normalized spacial score (nSPS) is 15.0. The Labute approximate surface area is 93.9 Å². The van der Waals surface area contributed by atoms with Gasteiger partial charge in [0, 0.05) is 0 Å². The van der Waals surface area contributed by atoms with Crippen molar-refractivity contribution in [1.82, 2.24) is 19.5 Å².